The number of carbonyl (C=O) groups is 1. The van der Waals surface area contributed by atoms with Crippen LogP contribution in [-0.2, 0) is 10.0 Å². The summed E-state index contributed by atoms with van der Waals surface area (Å²) >= 11 is 0. The van der Waals surface area contributed by atoms with Crippen molar-refractivity contribution in [1.82, 2.24) is 0 Å². The Labute approximate surface area is 127 Å². The van der Waals surface area contributed by atoms with Crippen molar-refractivity contribution in [3.8, 4) is 5.75 Å². The van der Waals surface area contributed by atoms with Crippen LogP contribution in [0.5, 0.6) is 5.75 Å². The van der Waals surface area contributed by atoms with E-state index >= 15 is 0 Å². The fourth-order valence-electron chi connectivity index (χ4n) is 2.29. The van der Waals surface area contributed by atoms with Crippen molar-refractivity contribution in [2.75, 3.05) is 17.5 Å². The summed E-state index contributed by atoms with van der Waals surface area (Å²) in [7, 11) is -3.76. The number of carboxylic acid groups (broad SMARTS) is 1. The lowest BCUT2D eigenvalue weighted by Crippen LogP contribution is -2.37. The third-order valence-electron chi connectivity index (χ3n) is 3.38. The van der Waals surface area contributed by atoms with Gasteiger partial charge in [0.15, 0.2) is 0 Å². The van der Waals surface area contributed by atoms with E-state index in [1.807, 2.05) is 0 Å². The van der Waals surface area contributed by atoms with Crippen LogP contribution in [0.15, 0.2) is 53.4 Å². The SMILES string of the molecule is O=C(O)c1ccc(S(=O)(=O)N2CCOc3ccccc32)cc1. The van der Waals surface area contributed by atoms with Crippen LogP contribution >= 0.6 is 0 Å². The number of nitrogens with zero attached hydrogens (tertiary/aromatic N) is 1. The standard InChI is InChI=1S/C15H13NO5S/c17-15(18)11-5-7-12(8-6-11)22(19,20)16-9-10-21-14-4-2-1-3-13(14)16/h1-8H,9-10H2,(H,17,18). The summed E-state index contributed by atoms with van der Waals surface area (Å²) in [5, 5.41) is 8.88. The molecule has 0 aliphatic carbocycles. The van der Waals surface area contributed by atoms with Crippen LogP contribution in [0, 0.1) is 0 Å². The molecule has 22 heavy (non-hydrogen) atoms. The Balaban J connectivity index is 2.02. The van der Waals surface area contributed by atoms with Gasteiger partial charge in [-0.2, -0.15) is 0 Å². The molecule has 1 heterocycles. The minimum Gasteiger partial charge on any atom is -0.489 e. The van der Waals surface area contributed by atoms with Crippen molar-refractivity contribution in [1.29, 1.82) is 0 Å². The van der Waals surface area contributed by atoms with E-state index in [1.54, 1.807) is 24.3 Å². The highest BCUT2D eigenvalue weighted by atomic mass is 32.2. The number of aromatic carboxylic acids is 1. The molecule has 0 saturated heterocycles. The lowest BCUT2D eigenvalue weighted by Gasteiger charge is -2.30. The summed E-state index contributed by atoms with van der Waals surface area (Å²) in [6.45, 7) is 0.476. The molecule has 0 radical (unpaired) electrons. The van der Waals surface area contributed by atoms with E-state index in [1.165, 1.54) is 28.6 Å². The molecule has 1 aliphatic rings. The lowest BCUT2D eigenvalue weighted by atomic mass is 10.2. The van der Waals surface area contributed by atoms with Crippen LogP contribution in [-0.4, -0.2) is 32.6 Å². The van der Waals surface area contributed by atoms with Crippen LogP contribution in [0.2, 0.25) is 0 Å². The van der Waals surface area contributed by atoms with Crippen LogP contribution in [0.1, 0.15) is 10.4 Å². The summed E-state index contributed by atoms with van der Waals surface area (Å²) < 4.78 is 32.2. The van der Waals surface area contributed by atoms with Gasteiger partial charge in [-0.25, -0.2) is 13.2 Å². The first-order valence-electron chi connectivity index (χ1n) is 6.58. The monoisotopic (exact) mass is 319 g/mol. The van der Waals surface area contributed by atoms with Crippen LogP contribution in [0.3, 0.4) is 0 Å². The number of anilines is 1. The Kier molecular flexibility index (Phi) is 3.50. The largest absolute Gasteiger partial charge is 0.489 e. The Bertz CT molecular complexity index is 814. The summed E-state index contributed by atoms with van der Waals surface area (Å²) in [5.74, 6) is -0.583. The van der Waals surface area contributed by atoms with Crippen molar-refractivity contribution in [2.24, 2.45) is 0 Å². The smallest absolute Gasteiger partial charge is 0.335 e. The second-order valence-corrected chi connectivity index (χ2v) is 6.59. The summed E-state index contributed by atoms with van der Waals surface area (Å²) in [6.07, 6.45) is 0. The van der Waals surface area contributed by atoms with Crippen LogP contribution in [0.25, 0.3) is 0 Å². The number of fused-ring (bicyclic) bond motifs is 1. The van der Waals surface area contributed by atoms with Gasteiger partial charge in [-0.1, -0.05) is 12.1 Å². The van der Waals surface area contributed by atoms with E-state index in [-0.39, 0.29) is 23.6 Å². The van der Waals surface area contributed by atoms with E-state index in [9.17, 15) is 13.2 Å². The first-order valence-corrected chi connectivity index (χ1v) is 8.02. The minimum atomic E-state index is -3.76. The molecule has 0 aromatic heterocycles. The summed E-state index contributed by atoms with van der Waals surface area (Å²) in [6, 6.07) is 12.1. The normalized spacial score (nSPS) is 14.1. The lowest BCUT2D eigenvalue weighted by molar-refractivity contribution is 0.0696. The summed E-state index contributed by atoms with van der Waals surface area (Å²) in [5.41, 5.74) is 0.525. The number of hydrogen-bond acceptors (Lipinski definition) is 4. The van der Waals surface area contributed by atoms with Gasteiger partial charge in [0, 0.05) is 0 Å². The van der Waals surface area contributed by atoms with Gasteiger partial charge in [-0.15, -0.1) is 0 Å². The highest BCUT2D eigenvalue weighted by Crippen LogP contribution is 2.34. The molecule has 1 N–H and O–H groups in total. The van der Waals surface area contributed by atoms with Crippen molar-refractivity contribution >= 4 is 21.7 Å². The number of hydrogen-bond donors (Lipinski definition) is 1. The van der Waals surface area contributed by atoms with Crippen molar-refractivity contribution in [3.05, 3.63) is 54.1 Å². The number of para-hydroxylation sites is 2. The van der Waals surface area contributed by atoms with Gasteiger partial charge in [-0.3, -0.25) is 4.31 Å². The molecule has 7 heteroatoms. The van der Waals surface area contributed by atoms with Crippen LogP contribution < -0.4 is 9.04 Å². The molecule has 2 aromatic rings. The van der Waals surface area contributed by atoms with Gasteiger partial charge in [0.25, 0.3) is 10.0 Å². The molecule has 0 amide bonds. The summed E-state index contributed by atoms with van der Waals surface area (Å²) in [4.78, 5) is 10.9. The van der Waals surface area contributed by atoms with Gasteiger partial charge in [0.1, 0.15) is 12.4 Å². The van der Waals surface area contributed by atoms with Crippen molar-refractivity contribution < 1.29 is 23.1 Å². The first kappa shape index (κ1) is 14.4. The maximum atomic E-state index is 12.8. The molecule has 114 valence electrons. The Morgan fingerprint density at radius 3 is 2.45 bits per heavy atom. The highest BCUT2D eigenvalue weighted by molar-refractivity contribution is 7.92. The maximum absolute atomic E-state index is 12.8. The van der Waals surface area contributed by atoms with Gasteiger partial charge < -0.3 is 9.84 Å². The van der Waals surface area contributed by atoms with E-state index in [4.69, 9.17) is 9.84 Å². The maximum Gasteiger partial charge on any atom is 0.335 e. The van der Waals surface area contributed by atoms with Gasteiger partial charge >= 0.3 is 5.97 Å². The number of rotatable bonds is 3. The van der Waals surface area contributed by atoms with Crippen LogP contribution in [0.4, 0.5) is 5.69 Å². The minimum absolute atomic E-state index is 0.0429. The molecule has 6 nitrogen and oxygen atoms in total. The topological polar surface area (TPSA) is 83.9 Å². The number of carboxylic acids is 1. The zero-order chi connectivity index (χ0) is 15.7. The van der Waals surface area contributed by atoms with E-state index in [0.29, 0.717) is 11.4 Å². The third-order valence-corrected chi connectivity index (χ3v) is 5.20. The molecule has 3 rings (SSSR count). The second kappa shape index (κ2) is 5.34. The Morgan fingerprint density at radius 2 is 1.77 bits per heavy atom. The molecule has 0 unspecified atom stereocenters. The van der Waals surface area contributed by atoms with E-state index < -0.39 is 16.0 Å². The third kappa shape index (κ3) is 2.39. The van der Waals surface area contributed by atoms with Gasteiger partial charge in [0.2, 0.25) is 0 Å². The average Bonchev–Trinajstić information content (AvgIpc) is 2.54. The molecular formula is C15H13NO5S. The fraction of sp³-hybridized carbons (Fsp3) is 0.133. The molecule has 0 bridgehead atoms. The average molecular weight is 319 g/mol. The molecular weight excluding hydrogens is 306 g/mol. The molecule has 0 atom stereocenters. The zero-order valence-electron chi connectivity index (χ0n) is 11.5. The number of ether oxygens (including phenoxy) is 1. The Morgan fingerprint density at radius 1 is 1.09 bits per heavy atom. The molecule has 0 fully saturated rings. The molecule has 2 aromatic carbocycles. The predicted molar refractivity (Wildman–Crippen MR) is 79.9 cm³/mol. The van der Waals surface area contributed by atoms with E-state index in [0.717, 1.165) is 0 Å². The zero-order valence-corrected chi connectivity index (χ0v) is 12.3. The van der Waals surface area contributed by atoms with E-state index in [2.05, 4.69) is 0 Å². The quantitative estimate of drug-likeness (QED) is 0.935. The fourth-order valence-corrected chi connectivity index (χ4v) is 3.75. The molecule has 1 aliphatic heterocycles. The highest BCUT2D eigenvalue weighted by Gasteiger charge is 2.29. The van der Waals surface area contributed by atoms with Gasteiger partial charge in [-0.05, 0) is 36.4 Å². The van der Waals surface area contributed by atoms with Crippen molar-refractivity contribution in [2.45, 2.75) is 4.90 Å². The molecule has 0 spiro atoms. The van der Waals surface area contributed by atoms with Crippen molar-refractivity contribution in [3.63, 3.8) is 0 Å². The Hall–Kier alpha value is -2.54. The van der Waals surface area contributed by atoms with Gasteiger partial charge in [0.05, 0.1) is 22.7 Å². The number of benzene rings is 2. The first-order chi connectivity index (χ1) is 10.5. The second-order valence-electron chi connectivity index (χ2n) is 4.72. The number of sulfonamides is 1. The predicted octanol–water partition coefficient (Wildman–Crippen LogP) is 1.97. The molecule has 0 saturated carbocycles.